The monoisotopic (exact) mass is 386 g/mol. The second-order valence-electron chi connectivity index (χ2n) is 7.60. The van der Waals surface area contributed by atoms with Crippen LogP contribution in [-0.4, -0.2) is 66.6 Å². The Labute approximate surface area is 164 Å². The summed E-state index contributed by atoms with van der Waals surface area (Å²) in [6.45, 7) is 1.01. The van der Waals surface area contributed by atoms with E-state index in [4.69, 9.17) is 4.74 Å². The van der Waals surface area contributed by atoms with Gasteiger partial charge in [-0.25, -0.2) is 14.5 Å². The molecule has 0 bridgehead atoms. The van der Waals surface area contributed by atoms with E-state index in [9.17, 15) is 14.4 Å². The highest BCUT2D eigenvalue weighted by molar-refractivity contribution is 6.21. The smallest absolute Gasteiger partial charge is 0.332 e. The largest absolute Gasteiger partial charge is 0.497 e. The number of rotatable bonds is 3. The van der Waals surface area contributed by atoms with Crippen molar-refractivity contribution in [2.24, 2.45) is 0 Å². The summed E-state index contributed by atoms with van der Waals surface area (Å²) < 4.78 is 5.20. The van der Waals surface area contributed by atoms with Gasteiger partial charge in [0.15, 0.2) is 0 Å². The van der Waals surface area contributed by atoms with Crippen molar-refractivity contribution >= 4 is 23.7 Å². The number of hydrogen-bond donors (Lipinski definition) is 1. The van der Waals surface area contributed by atoms with Gasteiger partial charge in [-0.2, -0.15) is 0 Å². The molecule has 1 saturated carbocycles. The minimum absolute atomic E-state index is 0.133. The topological polar surface area (TPSA) is 82.2 Å². The molecule has 0 unspecified atom stereocenters. The highest BCUT2D eigenvalue weighted by Gasteiger charge is 2.49. The quantitative estimate of drug-likeness (QED) is 0.808. The molecule has 3 fully saturated rings. The van der Waals surface area contributed by atoms with Crippen LogP contribution in [0.1, 0.15) is 32.1 Å². The lowest BCUT2D eigenvalue weighted by Crippen LogP contribution is -2.57. The molecule has 2 aliphatic heterocycles. The SMILES string of the molecule is COc1cccc(N2C(=O)[C@H]3CN(C(=O)NC4CCCCC4)CCN3C2=O)c1. The van der Waals surface area contributed by atoms with Gasteiger partial charge >= 0.3 is 12.1 Å². The Kier molecular flexibility index (Phi) is 5.11. The molecule has 150 valence electrons. The lowest BCUT2D eigenvalue weighted by molar-refractivity contribution is -0.120. The maximum absolute atomic E-state index is 13.0. The van der Waals surface area contributed by atoms with Crippen molar-refractivity contribution in [1.82, 2.24) is 15.1 Å². The highest BCUT2D eigenvalue weighted by atomic mass is 16.5. The number of anilines is 1. The third kappa shape index (κ3) is 3.39. The van der Waals surface area contributed by atoms with Gasteiger partial charge in [0.1, 0.15) is 11.8 Å². The van der Waals surface area contributed by atoms with Crippen LogP contribution in [0.3, 0.4) is 0 Å². The summed E-state index contributed by atoms with van der Waals surface area (Å²) in [5, 5.41) is 3.09. The zero-order valence-electron chi connectivity index (χ0n) is 16.1. The van der Waals surface area contributed by atoms with E-state index in [2.05, 4.69) is 5.32 Å². The number of imide groups is 1. The number of amides is 5. The molecule has 4 rings (SSSR count). The summed E-state index contributed by atoms with van der Waals surface area (Å²) in [7, 11) is 1.54. The van der Waals surface area contributed by atoms with Crippen LogP contribution in [0.15, 0.2) is 24.3 Å². The summed E-state index contributed by atoms with van der Waals surface area (Å²) in [5.74, 6) is 0.282. The molecule has 28 heavy (non-hydrogen) atoms. The van der Waals surface area contributed by atoms with Crippen molar-refractivity contribution in [1.29, 1.82) is 0 Å². The summed E-state index contributed by atoms with van der Waals surface area (Å²) in [4.78, 5) is 42.9. The Morgan fingerprint density at radius 3 is 2.68 bits per heavy atom. The number of nitrogens with zero attached hydrogens (tertiary/aromatic N) is 3. The molecule has 0 spiro atoms. The maximum Gasteiger partial charge on any atom is 0.332 e. The third-order valence-electron chi connectivity index (χ3n) is 5.85. The Balaban J connectivity index is 1.45. The standard InChI is InChI=1S/C20H26N4O4/c1-28-16-9-5-8-15(12-16)24-18(25)17-13-22(10-11-23(17)20(24)27)19(26)21-14-6-3-2-4-7-14/h5,8-9,12,14,17H,2-4,6-7,10-11,13H2,1H3,(H,21,26)/t17-/m1/s1. The molecule has 1 atom stereocenters. The van der Waals surface area contributed by atoms with Crippen LogP contribution < -0.4 is 15.0 Å². The first-order valence-electron chi connectivity index (χ1n) is 9.92. The van der Waals surface area contributed by atoms with Gasteiger partial charge < -0.3 is 19.9 Å². The number of methoxy groups -OCH3 is 1. The van der Waals surface area contributed by atoms with Crippen molar-refractivity contribution in [3.8, 4) is 5.75 Å². The van der Waals surface area contributed by atoms with Crippen LogP contribution in [0.2, 0.25) is 0 Å². The normalized spacial score (nSPS) is 23.0. The van der Waals surface area contributed by atoms with Gasteiger partial charge in [-0.15, -0.1) is 0 Å². The van der Waals surface area contributed by atoms with Crippen molar-refractivity contribution < 1.29 is 19.1 Å². The molecule has 1 N–H and O–H groups in total. The van der Waals surface area contributed by atoms with Crippen LogP contribution in [0.25, 0.3) is 0 Å². The molecule has 5 amide bonds. The molecule has 2 heterocycles. The van der Waals surface area contributed by atoms with E-state index in [-0.39, 0.29) is 30.6 Å². The van der Waals surface area contributed by atoms with Gasteiger partial charge in [0, 0.05) is 25.2 Å². The van der Waals surface area contributed by atoms with E-state index in [0.717, 1.165) is 25.7 Å². The molecule has 0 aromatic heterocycles. The number of hydrogen-bond acceptors (Lipinski definition) is 4. The lowest BCUT2D eigenvalue weighted by atomic mass is 9.96. The van der Waals surface area contributed by atoms with E-state index < -0.39 is 6.04 Å². The molecule has 1 aromatic carbocycles. The van der Waals surface area contributed by atoms with Gasteiger partial charge in [-0.1, -0.05) is 25.3 Å². The number of benzene rings is 1. The number of urea groups is 2. The molecular formula is C20H26N4O4. The Bertz CT molecular complexity index is 777. The predicted octanol–water partition coefficient (Wildman–Crippen LogP) is 2.19. The minimum Gasteiger partial charge on any atom is -0.497 e. The zero-order valence-corrected chi connectivity index (χ0v) is 16.1. The number of ether oxygens (including phenoxy) is 1. The second kappa shape index (κ2) is 7.69. The molecule has 2 saturated heterocycles. The van der Waals surface area contributed by atoms with Crippen molar-refractivity contribution in [3.05, 3.63) is 24.3 Å². The van der Waals surface area contributed by atoms with Crippen molar-refractivity contribution in [3.63, 3.8) is 0 Å². The molecule has 0 radical (unpaired) electrons. The number of nitrogens with one attached hydrogen (secondary N) is 1. The fourth-order valence-corrected chi connectivity index (χ4v) is 4.28. The Hall–Kier alpha value is -2.77. The number of fused-ring (bicyclic) bond motifs is 1. The van der Waals surface area contributed by atoms with E-state index in [1.54, 1.807) is 41.2 Å². The van der Waals surface area contributed by atoms with Crippen LogP contribution in [0.5, 0.6) is 5.75 Å². The van der Waals surface area contributed by atoms with Crippen LogP contribution in [0.4, 0.5) is 15.3 Å². The van der Waals surface area contributed by atoms with Crippen LogP contribution >= 0.6 is 0 Å². The van der Waals surface area contributed by atoms with E-state index in [0.29, 0.717) is 24.5 Å². The Morgan fingerprint density at radius 1 is 1.14 bits per heavy atom. The molecule has 8 nitrogen and oxygen atoms in total. The Morgan fingerprint density at radius 2 is 1.93 bits per heavy atom. The molecule has 1 aliphatic carbocycles. The molecule has 3 aliphatic rings. The predicted molar refractivity (Wildman–Crippen MR) is 103 cm³/mol. The van der Waals surface area contributed by atoms with Crippen molar-refractivity contribution in [2.75, 3.05) is 31.6 Å². The molecule has 8 heteroatoms. The summed E-state index contributed by atoms with van der Waals surface area (Å²) >= 11 is 0. The summed E-state index contributed by atoms with van der Waals surface area (Å²) in [6.07, 6.45) is 5.53. The molecule has 1 aromatic rings. The van der Waals surface area contributed by atoms with Gasteiger partial charge in [0.25, 0.3) is 5.91 Å². The van der Waals surface area contributed by atoms with Crippen LogP contribution in [-0.2, 0) is 4.79 Å². The average Bonchev–Trinajstić information content (AvgIpc) is 2.98. The highest BCUT2D eigenvalue weighted by Crippen LogP contribution is 2.30. The minimum atomic E-state index is -0.635. The van der Waals surface area contributed by atoms with E-state index in [1.807, 2.05) is 0 Å². The third-order valence-corrected chi connectivity index (χ3v) is 5.85. The van der Waals surface area contributed by atoms with E-state index in [1.165, 1.54) is 11.3 Å². The lowest BCUT2D eigenvalue weighted by Gasteiger charge is -2.36. The van der Waals surface area contributed by atoms with Gasteiger partial charge in [0.05, 0.1) is 19.3 Å². The van der Waals surface area contributed by atoms with Crippen LogP contribution in [0, 0.1) is 0 Å². The van der Waals surface area contributed by atoms with Gasteiger partial charge in [0.2, 0.25) is 0 Å². The number of piperazine rings is 1. The first-order valence-corrected chi connectivity index (χ1v) is 9.92. The first-order chi connectivity index (χ1) is 13.6. The van der Waals surface area contributed by atoms with Crippen molar-refractivity contribution in [2.45, 2.75) is 44.2 Å². The van der Waals surface area contributed by atoms with E-state index >= 15 is 0 Å². The first kappa shape index (κ1) is 18.6. The zero-order chi connectivity index (χ0) is 19.7. The van der Waals surface area contributed by atoms with Gasteiger partial charge in [-0.3, -0.25) is 4.79 Å². The fraction of sp³-hybridized carbons (Fsp3) is 0.550. The van der Waals surface area contributed by atoms with Gasteiger partial charge in [-0.05, 0) is 25.0 Å². The fourth-order valence-electron chi connectivity index (χ4n) is 4.28. The average molecular weight is 386 g/mol. The summed E-state index contributed by atoms with van der Waals surface area (Å²) in [6, 6.07) is 6.00. The second-order valence-corrected chi connectivity index (χ2v) is 7.60. The molecular weight excluding hydrogens is 360 g/mol. The maximum atomic E-state index is 13.0. The number of carbonyl (C=O) groups excluding carboxylic acids is 3. The summed E-state index contributed by atoms with van der Waals surface area (Å²) in [5.41, 5.74) is 0.488. The number of carbonyl (C=O) groups is 3.